The van der Waals surface area contributed by atoms with Crippen LogP contribution in [0.25, 0.3) is 0 Å². The molecule has 0 spiro atoms. The van der Waals surface area contributed by atoms with E-state index in [2.05, 4.69) is 51.7 Å². The number of benzene rings is 1. The van der Waals surface area contributed by atoms with Crippen LogP contribution in [-0.4, -0.2) is 56.6 Å². The van der Waals surface area contributed by atoms with E-state index < -0.39 is 0 Å². The molecule has 0 aliphatic carbocycles. The first-order valence-electron chi connectivity index (χ1n) is 8.62. The fraction of sp³-hybridized carbons (Fsp3) is 0.684. The summed E-state index contributed by atoms with van der Waals surface area (Å²) in [6.07, 6.45) is 0.628. The van der Waals surface area contributed by atoms with E-state index in [1.54, 1.807) is 0 Å². The van der Waals surface area contributed by atoms with Gasteiger partial charge in [0.15, 0.2) is 0 Å². The quantitative estimate of drug-likeness (QED) is 0.722. The van der Waals surface area contributed by atoms with Gasteiger partial charge in [-0.3, -0.25) is 4.90 Å². The predicted octanol–water partition coefficient (Wildman–Crippen LogP) is 3.12. The second-order valence-electron chi connectivity index (χ2n) is 6.63. The van der Waals surface area contributed by atoms with Gasteiger partial charge in [0.25, 0.3) is 0 Å². The lowest BCUT2D eigenvalue weighted by Gasteiger charge is -2.35. The summed E-state index contributed by atoms with van der Waals surface area (Å²) in [7, 11) is 0. The summed E-state index contributed by atoms with van der Waals surface area (Å²) >= 11 is 0. The zero-order valence-corrected chi connectivity index (χ0v) is 15.2. The summed E-state index contributed by atoms with van der Waals surface area (Å²) in [4.78, 5) is 2.41. The molecule has 1 saturated heterocycles. The molecular formula is C19H31NO3. The van der Waals surface area contributed by atoms with Gasteiger partial charge in [0, 0.05) is 19.6 Å². The Balaban J connectivity index is 1.64. The van der Waals surface area contributed by atoms with Gasteiger partial charge in [-0.05, 0) is 51.3 Å². The highest BCUT2D eigenvalue weighted by Gasteiger charge is 2.21. The van der Waals surface area contributed by atoms with Gasteiger partial charge in [-0.25, -0.2) is 0 Å². The van der Waals surface area contributed by atoms with E-state index in [1.807, 2.05) is 0 Å². The largest absolute Gasteiger partial charge is 0.491 e. The highest BCUT2D eigenvalue weighted by molar-refractivity contribution is 5.44. The number of hydrogen-bond donors (Lipinski definition) is 0. The molecule has 0 amide bonds. The number of aryl methyl sites for hydroxylation is 2. The molecule has 1 aromatic rings. The van der Waals surface area contributed by atoms with Crippen molar-refractivity contribution in [1.82, 2.24) is 4.90 Å². The van der Waals surface area contributed by atoms with Gasteiger partial charge in [-0.2, -0.15) is 0 Å². The normalized spacial score (nSPS) is 22.3. The maximum absolute atomic E-state index is 5.92. The second kappa shape index (κ2) is 8.67. The van der Waals surface area contributed by atoms with Crippen molar-refractivity contribution in [2.75, 3.05) is 39.5 Å². The Morgan fingerprint density at radius 3 is 2.35 bits per heavy atom. The Bertz CT molecular complexity index is 494. The maximum Gasteiger partial charge on any atom is 0.125 e. The summed E-state index contributed by atoms with van der Waals surface area (Å²) in [5, 5.41) is 0. The molecule has 1 heterocycles. The van der Waals surface area contributed by atoms with Crippen LogP contribution in [0.1, 0.15) is 30.5 Å². The van der Waals surface area contributed by atoms with Gasteiger partial charge in [-0.15, -0.1) is 0 Å². The van der Waals surface area contributed by atoms with E-state index in [4.69, 9.17) is 14.2 Å². The molecule has 0 radical (unpaired) electrons. The zero-order valence-electron chi connectivity index (χ0n) is 15.2. The molecule has 4 nitrogen and oxygen atoms in total. The number of nitrogens with zero attached hydrogens (tertiary/aromatic N) is 1. The number of morpholine rings is 1. The molecular weight excluding hydrogens is 290 g/mol. The van der Waals surface area contributed by atoms with Crippen LogP contribution in [0.2, 0.25) is 0 Å². The summed E-state index contributed by atoms with van der Waals surface area (Å²) < 4.78 is 17.4. The van der Waals surface area contributed by atoms with Crippen molar-refractivity contribution in [1.29, 1.82) is 0 Å². The van der Waals surface area contributed by atoms with Crippen LogP contribution in [0.4, 0.5) is 0 Å². The molecule has 1 aromatic carbocycles. The lowest BCUT2D eigenvalue weighted by molar-refractivity contribution is -0.0734. The van der Waals surface area contributed by atoms with Crippen molar-refractivity contribution < 1.29 is 14.2 Å². The Hall–Kier alpha value is -1.10. The molecule has 0 saturated carbocycles. The van der Waals surface area contributed by atoms with Crippen LogP contribution in [0.3, 0.4) is 0 Å². The summed E-state index contributed by atoms with van der Waals surface area (Å²) in [5.41, 5.74) is 3.67. The van der Waals surface area contributed by atoms with Crippen molar-refractivity contribution in [3.05, 3.63) is 28.8 Å². The highest BCUT2D eigenvalue weighted by atomic mass is 16.5. The average molecular weight is 321 g/mol. The Morgan fingerprint density at radius 2 is 1.65 bits per heavy atom. The van der Waals surface area contributed by atoms with Crippen molar-refractivity contribution in [3.8, 4) is 5.75 Å². The molecule has 2 atom stereocenters. The molecule has 0 bridgehead atoms. The second-order valence-corrected chi connectivity index (χ2v) is 6.63. The smallest absolute Gasteiger partial charge is 0.125 e. The summed E-state index contributed by atoms with van der Waals surface area (Å²) in [5.74, 6) is 1.00. The van der Waals surface area contributed by atoms with E-state index in [-0.39, 0.29) is 0 Å². The van der Waals surface area contributed by atoms with Crippen LogP contribution in [0, 0.1) is 20.8 Å². The standard InChI is InChI=1S/C19H31NO3/c1-14-6-7-15(2)19(18(14)5)22-11-10-21-9-8-20-12-16(3)23-17(4)13-20/h6-7,16-17H,8-13H2,1-5H3/t16-,17-/m1/s1. The van der Waals surface area contributed by atoms with Gasteiger partial charge in [0.1, 0.15) is 12.4 Å². The first-order chi connectivity index (χ1) is 11.0. The van der Waals surface area contributed by atoms with Crippen molar-refractivity contribution in [2.24, 2.45) is 0 Å². The molecule has 23 heavy (non-hydrogen) atoms. The van der Waals surface area contributed by atoms with Crippen molar-refractivity contribution >= 4 is 0 Å². The zero-order chi connectivity index (χ0) is 16.8. The molecule has 0 N–H and O–H groups in total. The lowest BCUT2D eigenvalue weighted by atomic mass is 10.1. The maximum atomic E-state index is 5.92. The van der Waals surface area contributed by atoms with Gasteiger partial charge < -0.3 is 14.2 Å². The number of ether oxygens (including phenoxy) is 3. The van der Waals surface area contributed by atoms with Crippen LogP contribution >= 0.6 is 0 Å². The fourth-order valence-electron chi connectivity index (χ4n) is 3.11. The first-order valence-corrected chi connectivity index (χ1v) is 8.62. The topological polar surface area (TPSA) is 30.9 Å². The van der Waals surface area contributed by atoms with Crippen LogP contribution in [0.5, 0.6) is 5.75 Å². The van der Waals surface area contributed by atoms with E-state index >= 15 is 0 Å². The van der Waals surface area contributed by atoms with E-state index in [0.717, 1.165) is 32.0 Å². The highest BCUT2D eigenvalue weighted by Crippen LogP contribution is 2.25. The van der Waals surface area contributed by atoms with Gasteiger partial charge in [0.05, 0.1) is 25.4 Å². The van der Waals surface area contributed by atoms with E-state index in [0.29, 0.717) is 25.4 Å². The number of rotatable bonds is 7. The van der Waals surface area contributed by atoms with Gasteiger partial charge in [0.2, 0.25) is 0 Å². The van der Waals surface area contributed by atoms with Crippen molar-refractivity contribution in [2.45, 2.75) is 46.8 Å². The van der Waals surface area contributed by atoms with Crippen LogP contribution < -0.4 is 4.74 Å². The molecule has 0 aromatic heterocycles. The fourth-order valence-corrected chi connectivity index (χ4v) is 3.11. The minimum Gasteiger partial charge on any atom is -0.491 e. The molecule has 1 aliphatic rings. The number of hydrogen-bond acceptors (Lipinski definition) is 4. The average Bonchev–Trinajstić information content (AvgIpc) is 2.48. The van der Waals surface area contributed by atoms with E-state index in [9.17, 15) is 0 Å². The van der Waals surface area contributed by atoms with Gasteiger partial charge in [-0.1, -0.05) is 12.1 Å². The Kier molecular flexibility index (Phi) is 6.88. The first kappa shape index (κ1) is 18.2. The SMILES string of the molecule is Cc1ccc(C)c(OCCOCCN2C[C@@H](C)O[C@H](C)C2)c1C. The lowest BCUT2D eigenvalue weighted by Crippen LogP contribution is -2.46. The Labute approximate surface area is 140 Å². The van der Waals surface area contributed by atoms with Crippen molar-refractivity contribution in [3.63, 3.8) is 0 Å². The molecule has 4 heteroatoms. The monoisotopic (exact) mass is 321 g/mol. The predicted molar refractivity (Wildman–Crippen MR) is 93.4 cm³/mol. The minimum absolute atomic E-state index is 0.314. The Morgan fingerprint density at radius 1 is 1.00 bits per heavy atom. The van der Waals surface area contributed by atoms with Crippen LogP contribution in [0.15, 0.2) is 12.1 Å². The minimum atomic E-state index is 0.314. The third kappa shape index (κ3) is 5.48. The third-order valence-corrected chi connectivity index (χ3v) is 4.39. The van der Waals surface area contributed by atoms with Gasteiger partial charge >= 0.3 is 0 Å². The third-order valence-electron chi connectivity index (χ3n) is 4.39. The van der Waals surface area contributed by atoms with E-state index in [1.165, 1.54) is 16.7 Å². The molecule has 1 aliphatic heterocycles. The molecule has 1 fully saturated rings. The van der Waals surface area contributed by atoms with Crippen LogP contribution in [-0.2, 0) is 9.47 Å². The molecule has 0 unspecified atom stereocenters. The summed E-state index contributed by atoms with van der Waals surface area (Å²) in [6, 6.07) is 4.25. The molecule has 130 valence electrons. The molecule has 2 rings (SSSR count). The summed E-state index contributed by atoms with van der Waals surface area (Å²) in [6.45, 7) is 15.5.